The van der Waals surface area contributed by atoms with Crippen molar-refractivity contribution in [1.82, 2.24) is 0 Å². The second-order valence-electron chi connectivity index (χ2n) is 8.14. The lowest BCUT2D eigenvalue weighted by Crippen LogP contribution is -2.19. The van der Waals surface area contributed by atoms with Gasteiger partial charge in [0.05, 0.1) is 12.8 Å². The molecule has 4 heteroatoms. The van der Waals surface area contributed by atoms with E-state index in [-0.39, 0.29) is 6.03 Å². The normalized spacial score (nSPS) is 10.3. The van der Waals surface area contributed by atoms with Gasteiger partial charge >= 0.3 is 6.03 Å². The third-order valence-corrected chi connectivity index (χ3v) is 4.66. The third kappa shape index (κ3) is 8.55. The SMILES string of the molecule is CC(C)Cc1ccccc1.COc1cc(C(C)C)ccc1NC(=O)Nc1ccccc1. The molecule has 3 aromatic rings. The van der Waals surface area contributed by atoms with E-state index in [0.717, 1.165) is 11.6 Å². The average Bonchev–Trinajstić information content (AvgIpc) is 2.75. The maximum atomic E-state index is 12.0. The van der Waals surface area contributed by atoms with Crippen LogP contribution in [0.1, 0.15) is 44.7 Å². The van der Waals surface area contributed by atoms with Crippen molar-refractivity contribution < 1.29 is 9.53 Å². The van der Waals surface area contributed by atoms with Crippen molar-refractivity contribution in [2.45, 2.75) is 40.0 Å². The molecule has 0 aliphatic rings. The van der Waals surface area contributed by atoms with Crippen LogP contribution in [0.15, 0.2) is 78.9 Å². The molecule has 0 aliphatic heterocycles. The van der Waals surface area contributed by atoms with Gasteiger partial charge in [-0.15, -0.1) is 0 Å². The standard InChI is InChI=1S/C17H20N2O2.C10H14/c1-12(2)13-9-10-15(16(11-13)21-3)19-17(20)18-14-7-5-4-6-8-14;1-9(2)8-10-6-4-3-5-7-10/h4-12H,1-3H3,(H2,18,19,20);3-7,9H,8H2,1-2H3. The first-order valence-corrected chi connectivity index (χ1v) is 10.7. The number of rotatable bonds is 6. The fraction of sp³-hybridized carbons (Fsp3) is 0.296. The van der Waals surface area contributed by atoms with E-state index in [1.165, 1.54) is 17.5 Å². The zero-order chi connectivity index (χ0) is 22.6. The molecule has 0 atom stereocenters. The molecule has 0 unspecified atom stereocenters. The zero-order valence-electron chi connectivity index (χ0n) is 19.2. The van der Waals surface area contributed by atoms with Crippen LogP contribution in [0.5, 0.6) is 5.75 Å². The number of amides is 2. The zero-order valence-corrected chi connectivity index (χ0v) is 19.2. The number of urea groups is 1. The first-order valence-electron chi connectivity index (χ1n) is 10.7. The Morgan fingerprint density at radius 3 is 2.00 bits per heavy atom. The Kier molecular flexibility index (Phi) is 9.63. The Morgan fingerprint density at radius 2 is 1.45 bits per heavy atom. The Labute approximate surface area is 186 Å². The molecular weight excluding hydrogens is 384 g/mol. The van der Waals surface area contributed by atoms with Crippen molar-refractivity contribution in [2.24, 2.45) is 5.92 Å². The highest BCUT2D eigenvalue weighted by atomic mass is 16.5. The van der Waals surface area contributed by atoms with E-state index in [1.807, 2.05) is 48.5 Å². The minimum atomic E-state index is -0.295. The summed E-state index contributed by atoms with van der Waals surface area (Å²) in [5, 5.41) is 5.57. The molecule has 0 saturated heterocycles. The van der Waals surface area contributed by atoms with Crippen molar-refractivity contribution in [3.8, 4) is 5.75 Å². The van der Waals surface area contributed by atoms with Crippen LogP contribution >= 0.6 is 0 Å². The van der Waals surface area contributed by atoms with Crippen molar-refractivity contribution in [1.29, 1.82) is 0 Å². The summed E-state index contributed by atoms with van der Waals surface area (Å²) in [6, 6.07) is 25.4. The van der Waals surface area contributed by atoms with Gasteiger partial charge < -0.3 is 15.4 Å². The lowest BCUT2D eigenvalue weighted by atomic mass is 10.0. The van der Waals surface area contributed by atoms with Gasteiger partial charge in [0.25, 0.3) is 0 Å². The molecule has 0 spiro atoms. The number of nitrogens with one attached hydrogen (secondary N) is 2. The van der Waals surface area contributed by atoms with E-state index in [1.54, 1.807) is 7.11 Å². The van der Waals surface area contributed by atoms with E-state index in [2.05, 4.69) is 68.7 Å². The second kappa shape index (κ2) is 12.4. The molecule has 0 radical (unpaired) electrons. The largest absolute Gasteiger partial charge is 0.495 e. The summed E-state index contributed by atoms with van der Waals surface area (Å²) in [5.41, 5.74) is 4.00. The number of anilines is 2. The van der Waals surface area contributed by atoms with Gasteiger partial charge in [0, 0.05) is 5.69 Å². The summed E-state index contributed by atoms with van der Waals surface area (Å²) in [6.07, 6.45) is 1.20. The van der Waals surface area contributed by atoms with E-state index in [9.17, 15) is 4.79 Å². The Balaban J connectivity index is 0.000000285. The fourth-order valence-corrected chi connectivity index (χ4v) is 3.06. The highest BCUT2D eigenvalue weighted by molar-refractivity contribution is 6.00. The fourth-order valence-electron chi connectivity index (χ4n) is 3.06. The molecule has 0 heterocycles. The number of carbonyl (C=O) groups excluding carboxylic acids is 1. The van der Waals surface area contributed by atoms with Gasteiger partial charge in [-0.2, -0.15) is 0 Å². The minimum absolute atomic E-state index is 0.295. The molecule has 2 N–H and O–H groups in total. The maximum Gasteiger partial charge on any atom is 0.323 e. The van der Waals surface area contributed by atoms with Crippen molar-refractivity contribution >= 4 is 17.4 Å². The molecule has 0 aromatic heterocycles. The number of benzene rings is 3. The van der Waals surface area contributed by atoms with Crippen LogP contribution in [0.4, 0.5) is 16.2 Å². The molecule has 31 heavy (non-hydrogen) atoms. The summed E-state index contributed by atoms with van der Waals surface area (Å²) in [6.45, 7) is 8.72. The van der Waals surface area contributed by atoms with Gasteiger partial charge in [-0.05, 0) is 53.6 Å². The second-order valence-corrected chi connectivity index (χ2v) is 8.14. The van der Waals surface area contributed by atoms with Crippen LogP contribution in [0.2, 0.25) is 0 Å². The molecule has 4 nitrogen and oxygen atoms in total. The van der Waals surface area contributed by atoms with Crippen LogP contribution in [-0.2, 0) is 6.42 Å². The van der Waals surface area contributed by atoms with Crippen molar-refractivity contribution in [3.05, 3.63) is 90.0 Å². The summed E-state index contributed by atoms with van der Waals surface area (Å²) >= 11 is 0. The van der Waals surface area contributed by atoms with E-state index in [4.69, 9.17) is 4.74 Å². The summed E-state index contributed by atoms with van der Waals surface area (Å²) in [7, 11) is 1.60. The highest BCUT2D eigenvalue weighted by Crippen LogP contribution is 2.28. The number of hydrogen-bond donors (Lipinski definition) is 2. The van der Waals surface area contributed by atoms with Gasteiger partial charge in [-0.25, -0.2) is 4.79 Å². The molecule has 0 aliphatic carbocycles. The van der Waals surface area contributed by atoms with E-state index in [0.29, 0.717) is 17.4 Å². The van der Waals surface area contributed by atoms with Crippen molar-refractivity contribution in [3.63, 3.8) is 0 Å². The summed E-state index contributed by atoms with van der Waals surface area (Å²) in [4.78, 5) is 12.0. The maximum absolute atomic E-state index is 12.0. The number of hydrogen-bond acceptors (Lipinski definition) is 2. The monoisotopic (exact) mass is 418 g/mol. The molecule has 0 saturated carbocycles. The first-order chi connectivity index (χ1) is 14.9. The smallest absolute Gasteiger partial charge is 0.323 e. The predicted octanol–water partition coefficient (Wildman–Crippen LogP) is 7.35. The van der Waals surface area contributed by atoms with Gasteiger partial charge in [0.1, 0.15) is 5.75 Å². The molecule has 3 aromatic carbocycles. The van der Waals surface area contributed by atoms with Gasteiger partial charge in [0.2, 0.25) is 0 Å². The molecule has 0 bridgehead atoms. The van der Waals surface area contributed by atoms with Crippen LogP contribution in [-0.4, -0.2) is 13.1 Å². The number of ether oxygens (including phenoxy) is 1. The van der Waals surface area contributed by atoms with E-state index >= 15 is 0 Å². The Hall–Kier alpha value is -3.27. The van der Waals surface area contributed by atoms with Gasteiger partial charge in [0.15, 0.2) is 0 Å². The molecule has 164 valence electrons. The highest BCUT2D eigenvalue weighted by Gasteiger charge is 2.10. The van der Waals surface area contributed by atoms with Crippen LogP contribution in [0.25, 0.3) is 0 Å². The van der Waals surface area contributed by atoms with E-state index < -0.39 is 0 Å². The minimum Gasteiger partial charge on any atom is -0.495 e. The summed E-state index contributed by atoms with van der Waals surface area (Å²) < 4.78 is 5.34. The van der Waals surface area contributed by atoms with Crippen LogP contribution in [0, 0.1) is 5.92 Å². The molecule has 3 rings (SSSR count). The van der Waals surface area contributed by atoms with Gasteiger partial charge in [-0.1, -0.05) is 82.3 Å². The molecule has 0 fully saturated rings. The molecular formula is C27H34N2O2. The first kappa shape index (κ1) is 24.0. The lowest BCUT2D eigenvalue weighted by Gasteiger charge is -2.14. The quantitative estimate of drug-likeness (QED) is 0.440. The number of methoxy groups -OCH3 is 1. The lowest BCUT2D eigenvalue weighted by molar-refractivity contribution is 0.262. The van der Waals surface area contributed by atoms with Gasteiger partial charge in [-0.3, -0.25) is 0 Å². The van der Waals surface area contributed by atoms with Crippen LogP contribution in [0.3, 0.4) is 0 Å². The average molecular weight is 419 g/mol. The third-order valence-electron chi connectivity index (χ3n) is 4.66. The topological polar surface area (TPSA) is 50.4 Å². The Bertz CT molecular complexity index is 922. The van der Waals surface area contributed by atoms with Crippen molar-refractivity contribution in [2.75, 3.05) is 17.7 Å². The Morgan fingerprint density at radius 1 is 0.839 bits per heavy atom. The predicted molar refractivity (Wildman–Crippen MR) is 131 cm³/mol. The summed E-state index contributed by atoms with van der Waals surface area (Å²) in [5.74, 6) is 1.83. The number of para-hydroxylation sites is 1. The number of carbonyl (C=O) groups is 1. The van der Waals surface area contributed by atoms with Crippen LogP contribution < -0.4 is 15.4 Å². The molecule has 2 amide bonds.